The average molecular weight is 151 g/mol. The van der Waals surface area contributed by atoms with Crippen molar-refractivity contribution in [1.82, 2.24) is 0 Å². The minimum absolute atomic E-state index is 0.0218. The molecule has 2 heteroatoms. The summed E-state index contributed by atoms with van der Waals surface area (Å²) in [7, 11) is -0.0218. The molecule has 1 nitrogen and oxygen atoms in total. The van der Waals surface area contributed by atoms with Crippen LogP contribution in [0.2, 0.25) is 0 Å². The molecule has 0 aromatic heterocycles. The average Bonchev–Trinajstić information content (AvgIpc) is 2.56. The van der Waals surface area contributed by atoms with Crippen molar-refractivity contribution in [3.05, 3.63) is 23.0 Å². The van der Waals surface area contributed by atoms with Crippen LogP contribution in [0.1, 0.15) is 6.42 Å². The van der Waals surface area contributed by atoms with E-state index in [1.165, 1.54) is 0 Å². The van der Waals surface area contributed by atoms with Crippen LogP contribution in [-0.2, 0) is 0 Å². The SMILES string of the molecule is N#CC1CC1[SH]1C=CC=C1. The fourth-order valence-corrected chi connectivity index (χ4v) is 3.31. The van der Waals surface area contributed by atoms with Crippen LogP contribution in [0.4, 0.5) is 0 Å². The Labute approximate surface area is 63.4 Å². The molecule has 0 aromatic carbocycles. The molecule has 0 saturated heterocycles. The highest BCUT2D eigenvalue weighted by molar-refractivity contribution is 8.23. The van der Waals surface area contributed by atoms with Gasteiger partial charge in [0, 0.05) is 5.25 Å². The molecule has 52 valence electrons. The quantitative estimate of drug-likeness (QED) is 0.569. The van der Waals surface area contributed by atoms with E-state index in [9.17, 15) is 0 Å². The fourth-order valence-electron chi connectivity index (χ4n) is 1.22. The van der Waals surface area contributed by atoms with E-state index >= 15 is 0 Å². The summed E-state index contributed by atoms with van der Waals surface area (Å²) in [4.78, 5) is 0. The lowest BCUT2D eigenvalue weighted by molar-refractivity contribution is 1.14. The molecule has 0 spiro atoms. The van der Waals surface area contributed by atoms with Crippen molar-refractivity contribution < 1.29 is 0 Å². The molecule has 0 N–H and O–H groups in total. The van der Waals surface area contributed by atoms with Gasteiger partial charge < -0.3 is 0 Å². The van der Waals surface area contributed by atoms with Gasteiger partial charge in [-0.1, -0.05) is 12.2 Å². The van der Waals surface area contributed by atoms with E-state index in [1.54, 1.807) is 0 Å². The number of rotatable bonds is 1. The Kier molecular flexibility index (Phi) is 1.32. The van der Waals surface area contributed by atoms with Crippen LogP contribution in [0.3, 0.4) is 0 Å². The van der Waals surface area contributed by atoms with Crippen molar-refractivity contribution in [1.29, 1.82) is 5.26 Å². The van der Waals surface area contributed by atoms with Gasteiger partial charge in [-0.3, -0.25) is 0 Å². The minimum atomic E-state index is -0.0218. The molecule has 0 amide bonds. The zero-order valence-corrected chi connectivity index (χ0v) is 6.46. The highest BCUT2D eigenvalue weighted by atomic mass is 32.2. The molecule has 1 fully saturated rings. The van der Waals surface area contributed by atoms with E-state index in [0.29, 0.717) is 11.2 Å². The molecule has 1 saturated carbocycles. The normalized spacial score (nSPS) is 38.1. The summed E-state index contributed by atoms with van der Waals surface area (Å²) in [6.45, 7) is 0. The van der Waals surface area contributed by atoms with Crippen molar-refractivity contribution in [2.45, 2.75) is 11.7 Å². The largest absolute Gasteiger partial charge is 0.209 e. The Hall–Kier alpha value is -0.680. The van der Waals surface area contributed by atoms with Gasteiger partial charge in [0.1, 0.15) is 0 Å². The first-order valence-electron chi connectivity index (χ1n) is 3.44. The van der Waals surface area contributed by atoms with E-state index in [4.69, 9.17) is 5.26 Å². The van der Waals surface area contributed by atoms with E-state index in [0.717, 1.165) is 6.42 Å². The van der Waals surface area contributed by atoms with Crippen molar-refractivity contribution >= 4 is 10.9 Å². The van der Waals surface area contributed by atoms with Crippen molar-refractivity contribution in [3.63, 3.8) is 0 Å². The molecule has 0 bridgehead atoms. The number of allylic oxidation sites excluding steroid dienone is 2. The second-order valence-corrected chi connectivity index (χ2v) is 4.82. The first-order chi connectivity index (χ1) is 4.92. The van der Waals surface area contributed by atoms with Gasteiger partial charge in [0.05, 0.1) is 12.0 Å². The maximum Gasteiger partial charge on any atom is 0.0667 e. The highest BCUT2D eigenvalue weighted by Crippen LogP contribution is 2.53. The number of hydrogen-bond acceptors (Lipinski definition) is 1. The summed E-state index contributed by atoms with van der Waals surface area (Å²) in [5.41, 5.74) is 0. The Morgan fingerprint density at radius 1 is 1.40 bits per heavy atom. The molecule has 1 heterocycles. The number of nitrogens with zero attached hydrogens (tertiary/aromatic N) is 1. The molecule has 2 unspecified atom stereocenters. The van der Waals surface area contributed by atoms with Crippen molar-refractivity contribution in [2.75, 3.05) is 0 Å². The third kappa shape index (κ3) is 0.871. The summed E-state index contributed by atoms with van der Waals surface area (Å²) < 4.78 is 0. The summed E-state index contributed by atoms with van der Waals surface area (Å²) >= 11 is 0. The predicted octanol–water partition coefficient (Wildman–Crippen LogP) is 1.94. The minimum Gasteiger partial charge on any atom is -0.209 e. The first-order valence-corrected chi connectivity index (χ1v) is 4.99. The lowest BCUT2D eigenvalue weighted by Crippen LogP contribution is -1.81. The lowest BCUT2D eigenvalue weighted by Gasteiger charge is -2.05. The lowest BCUT2D eigenvalue weighted by atomic mass is 10.5. The Balaban J connectivity index is 1.99. The van der Waals surface area contributed by atoms with E-state index in [2.05, 4.69) is 29.0 Å². The Bertz CT molecular complexity index is 224. The zero-order valence-electron chi connectivity index (χ0n) is 5.57. The van der Waals surface area contributed by atoms with Gasteiger partial charge in [-0.05, 0) is 17.2 Å². The second-order valence-electron chi connectivity index (χ2n) is 2.67. The van der Waals surface area contributed by atoms with Crippen LogP contribution in [-0.4, -0.2) is 5.25 Å². The van der Waals surface area contributed by atoms with Crippen molar-refractivity contribution in [2.24, 2.45) is 5.92 Å². The topological polar surface area (TPSA) is 23.8 Å². The molecule has 1 aliphatic heterocycles. The Morgan fingerprint density at radius 3 is 2.60 bits per heavy atom. The second kappa shape index (κ2) is 2.17. The summed E-state index contributed by atoms with van der Waals surface area (Å²) in [6, 6.07) is 2.31. The van der Waals surface area contributed by atoms with Crippen LogP contribution in [0, 0.1) is 17.2 Å². The fraction of sp³-hybridized carbons (Fsp3) is 0.375. The standard InChI is InChI=1S/C8H9NS/c9-6-7-5-8(7)10-3-1-2-4-10/h1-4,7-8,10H,5H2. The molecule has 10 heavy (non-hydrogen) atoms. The first kappa shape index (κ1) is 6.06. The molecule has 0 aromatic rings. The maximum absolute atomic E-state index is 8.55. The van der Waals surface area contributed by atoms with Crippen molar-refractivity contribution in [3.8, 4) is 6.07 Å². The van der Waals surface area contributed by atoms with Crippen LogP contribution in [0.15, 0.2) is 23.0 Å². The number of hydrogen-bond donors (Lipinski definition) is 1. The monoisotopic (exact) mass is 151 g/mol. The third-order valence-electron chi connectivity index (χ3n) is 1.93. The molecule has 2 atom stereocenters. The van der Waals surface area contributed by atoms with E-state index in [-0.39, 0.29) is 10.9 Å². The summed E-state index contributed by atoms with van der Waals surface area (Å²) in [5, 5.41) is 13.7. The van der Waals surface area contributed by atoms with Gasteiger partial charge in [0.2, 0.25) is 0 Å². The van der Waals surface area contributed by atoms with E-state index in [1.807, 2.05) is 0 Å². The van der Waals surface area contributed by atoms with Gasteiger partial charge >= 0.3 is 0 Å². The molecular formula is C8H9NS. The van der Waals surface area contributed by atoms with Gasteiger partial charge in [0.15, 0.2) is 0 Å². The van der Waals surface area contributed by atoms with Gasteiger partial charge in [-0.25, -0.2) is 10.9 Å². The Morgan fingerprint density at radius 2 is 2.10 bits per heavy atom. The van der Waals surface area contributed by atoms with Crippen LogP contribution in [0.25, 0.3) is 0 Å². The molecule has 2 aliphatic rings. The molecule has 0 radical (unpaired) electrons. The van der Waals surface area contributed by atoms with E-state index < -0.39 is 0 Å². The molecule has 2 rings (SSSR count). The van der Waals surface area contributed by atoms with Crippen LogP contribution < -0.4 is 0 Å². The third-order valence-corrected chi connectivity index (χ3v) is 4.30. The molecule has 1 aliphatic carbocycles. The van der Waals surface area contributed by atoms with Crippen LogP contribution >= 0.6 is 10.9 Å². The smallest absolute Gasteiger partial charge is 0.0667 e. The summed E-state index contributed by atoms with van der Waals surface area (Å²) in [6.07, 6.45) is 5.33. The highest BCUT2D eigenvalue weighted by Gasteiger charge is 2.40. The molecular weight excluding hydrogens is 142 g/mol. The zero-order chi connectivity index (χ0) is 6.97. The summed E-state index contributed by atoms with van der Waals surface area (Å²) in [5.74, 6) is 0.374. The maximum atomic E-state index is 8.55. The number of nitriles is 1. The predicted molar refractivity (Wildman–Crippen MR) is 44.8 cm³/mol. The van der Waals surface area contributed by atoms with Gasteiger partial charge in [-0.2, -0.15) is 5.26 Å². The van der Waals surface area contributed by atoms with Crippen LogP contribution in [0.5, 0.6) is 0 Å². The number of thiol groups is 1. The van der Waals surface area contributed by atoms with Gasteiger partial charge in [-0.15, -0.1) is 0 Å². The van der Waals surface area contributed by atoms with Gasteiger partial charge in [0.25, 0.3) is 0 Å².